The lowest BCUT2D eigenvalue weighted by Gasteiger charge is -2.03. The molecule has 0 aromatic heterocycles. The van der Waals surface area contributed by atoms with Crippen LogP contribution in [0.4, 0.5) is 0 Å². The zero-order valence-electron chi connectivity index (χ0n) is 9.44. The van der Waals surface area contributed by atoms with Crippen LogP contribution in [0.2, 0.25) is 0 Å². The second kappa shape index (κ2) is 4.18. The van der Waals surface area contributed by atoms with Gasteiger partial charge in [-0.05, 0) is 23.8 Å². The Bertz CT molecular complexity index is 340. The van der Waals surface area contributed by atoms with Crippen molar-refractivity contribution < 1.29 is 4.79 Å². The smallest absolute Gasteiger partial charge is 0.136 e. The molecule has 80 valence electrons. The topological polar surface area (TPSA) is 17.1 Å². The second-order valence-corrected chi connectivity index (χ2v) is 4.92. The first kappa shape index (κ1) is 10.4. The molecule has 1 nitrogen and oxygen atoms in total. The summed E-state index contributed by atoms with van der Waals surface area (Å²) in [5.74, 6) is 1.78. The van der Waals surface area contributed by atoms with Crippen LogP contribution in [-0.4, -0.2) is 5.78 Å². The fourth-order valence-electron chi connectivity index (χ4n) is 2.17. The first-order valence-electron chi connectivity index (χ1n) is 5.76. The van der Waals surface area contributed by atoms with Crippen molar-refractivity contribution in [3.05, 3.63) is 35.9 Å². The summed E-state index contributed by atoms with van der Waals surface area (Å²) in [5.41, 5.74) is 1.33. The molecule has 1 heteroatoms. The average molecular weight is 202 g/mol. The van der Waals surface area contributed by atoms with Gasteiger partial charge in [0.2, 0.25) is 0 Å². The van der Waals surface area contributed by atoms with Gasteiger partial charge in [0.15, 0.2) is 0 Å². The minimum absolute atomic E-state index is 0.315. The number of carbonyl (C=O) groups excluding carboxylic acids is 1. The van der Waals surface area contributed by atoms with Crippen LogP contribution in [0.25, 0.3) is 0 Å². The maximum Gasteiger partial charge on any atom is 0.136 e. The van der Waals surface area contributed by atoms with Crippen molar-refractivity contribution in [2.24, 2.45) is 11.8 Å². The van der Waals surface area contributed by atoms with Gasteiger partial charge in [0.1, 0.15) is 5.78 Å². The molecule has 2 unspecified atom stereocenters. The first-order chi connectivity index (χ1) is 7.18. The SMILES string of the molecule is CC(C)CC(=O)C1CC1c1ccccc1. The Morgan fingerprint density at radius 3 is 2.60 bits per heavy atom. The van der Waals surface area contributed by atoms with Gasteiger partial charge >= 0.3 is 0 Å². The lowest BCUT2D eigenvalue weighted by atomic mass is 10.0. The normalized spacial score (nSPS) is 24.2. The Hall–Kier alpha value is -1.11. The lowest BCUT2D eigenvalue weighted by Crippen LogP contribution is -2.05. The van der Waals surface area contributed by atoms with Crippen molar-refractivity contribution in [2.45, 2.75) is 32.6 Å². The molecular formula is C14H18O. The second-order valence-electron chi connectivity index (χ2n) is 4.92. The third-order valence-corrected chi connectivity index (χ3v) is 3.04. The molecule has 0 amide bonds. The van der Waals surface area contributed by atoms with Crippen LogP contribution in [0.5, 0.6) is 0 Å². The number of benzene rings is 1. The molecule has 0 heterocycles. The first-order valence-corrected chi connectivity index (χ1v) is 5.76. The number of ketones is 1. The highest BCUT2D eigenvalue weighted by Gasteiger charge is 2.43. The Balaban J connectivity index is 1.94. The Morgan fingerprint density at radius 1 is 1.33 bits per heavy atom. The van der Waals surface area contributed by atoms with Gasteiger partial charge < -0.3 is 0 Å². The number of Topliss-reactive ketones (excluding diaryl/α,β-unsaturated/α-hetero) is 1. The Kier molecular flexibility index (Phi) is 2.90. The van der Waals surface area contributed by atoms with Gasteiger partial charge in [-0.15, -0.1) is 0 Å². The minimum Gasteiger partial charge on any atom is -0.299 e. The van der Waals surface area contributed by atoms with Crippen molar-refractivity contribution in [2.75, 3.05) is 0 Å². The molecule has 1 saturated carbocycles. The number of hydrogen-bond donors (Lipinski definition) is 0. The summed E-state index contributed by atoms with van der Waals surface area (Å²) in [6.45, 7) is 4.22. The highest BCUT2D eigenvalue weighted by atomic mass is 16.1. The summed E-state index contributed by atoms with van der Waals surface area (Å²) in [6.07, 6.45) is 1.81. The number of hydrogen-bond acceptors (Lipinski definition) is 1. The van der Waals surface area contributed by atoms with E-state index in [4.69, 9.17) is 0 Å². The summed E-state index contributed by atoms with van der Waals surface area (Å²) in [5, 5.41) is 0. The molecule has 0 bridgehead atoms. The summed E-state index contributed by atoms with van der Waals surface area (Å²) >= 11 is 0. The quantitative estimate of drug-likeness (QED) is 0.731. The summed E-state index contributed by atoms with van der Waals surface area (Å²) in [4.78, 5) is 11.8. The fourth-order valence-corrected chi connectivity index (χ4v) is 2.17. The molecule has 15 heavy (non-hydrogen) atoms. The maximum atomic E-state index is 11.8. The van der Waals surface area contributed by atoms with Crippen LogP contribution >= 0.6 is 0 Å². The van der Waals surface area contributed by atoms with Gasteiger partial charge in [-0.1, -0.05) is 44.2 Å². The monoisotopic (exact) mass is 202 g/mol. The van der Waals surface area contributed by atoms with Gasteiger partial charge in [0, 0.05) is 12.3 Å². The molecule has 0 N–H and O–H groups in total. The molecule has 0 spiro atoms. The van der Waals surface area contributed by atoms with Gasteiger partial charge in [-0.25, -0.2) is 0 Å². The van der Waals surface area contributed by atoms with Gasteiger partial charge in [0.05, 0.1) is 0 Å². The van der Waals surface area contributed by atoms with E-state index in [1.165, 1.54) is 5.56 Å². The predicted octanol–water partition coefficient (Wildman–Crippen LogP) is 3.41. The van der Waals surface area contributed by atoms with Crippen LogP contribution in [0.15, 0.2) is 30.3 Å². The van der Waals surface area contributed by atoms with Crippen molar-refractivity contribution in [1.29, 1.82) is 0 Å². The van der Waals surface area contributed by atoms with Crippen LogP contribution in [0, 0.1) is 11.8 Å². The zero-order chi connectivity index (χ0) is 10.8. The molecule has 0 aliphatic heterocycles. The highest BCUT2D eigenvalue weighted by molar-refractivity contribution is 5.85. The molecule has 0 saturated heterocycles. The number of carbonyl (C=O) groups is 1. The maximum absolute atomic E-state index is 11.8. The van der Waals surface area contributed by atoms with Gasteiger partial charge in [-0.2, -0.15) is 0 Å². The van der Waals surface area contributed by atoms with E-state index in [1.807, 2.05) is 6.07 Å². The summed E-state index contributed by atoms with van der Waals surface area (Å²) < 4.78 is 0. The molecular weight excluding hydrogens is 184 g/mol. The van der Waals surface area contributed by atoms with E-state index in [9.17, 15) is 4.79 Å². The molecule has 2 atom stereocenters. The number of rotatable bonds is 4. The highest BCUT2D eigenvalue weighted by Crippen LogP contribution is 2.48. The van der Waals surface area contributed by atoms with Crippen LogP contribution in [0.3, 0.4) is 0 Å². The van der Waals surface area contributed by atoms with Crippen molar-refractivity contribution >= 4 is 5.78 Å². The predicted molar refractivity (Wildman–Crippen MR) is 61.8 cm³/mol. The molecule has 1 fully saturated rings. The van der Waals surface area contributed by atoms with E-state index in [0.717, 1.165) is 12.8 Å². The molecule has 2 rings (SSSR count). The van der Waals surface area contributed by atoms with Crippen LogP contribution < -0.4 is 0 Å². The Labute approximate surface area is 91.5 Å². The zero-order valence-corrected chi connectivity index (χ0v) is 9.44. The molecule has 1 aliphatic carbocycles. The van der Waals surface area contributed by atoms with E-state index >= 15 is 0 Å². The van der Waals surface area contributed by atoms with E-state index in [-0.39, 0.29) is 0 Å². The fraction of sp³-hybridized carbons (Fsp3) is 0.500. The van der Waals surface area contributed by atoms with Crippen LogP contribution in [-0.2, 0) is 4.79 Å². The van der Waals surface area contributed by atoms with E-state index in [1.54, 1.807) is 0 Å². The third kappa shape index (κ3) is 2.47. The standard InChI is InChI=1S/C14H18O/c1-10(2)8-14(15)13-9-12(13)11-6-4-3-5-7-11/h3-7,10,12-13H,8-9H2,1-2H3. The van der Waals surface area contributed by atoms with Crippen LogP contribution in [0.1, 0.15) is 38.2 Å². The molecule has 1 aliphatic rings. The van der Waals surface area contributed by atoms with Crippen molar-refractivity contribution in [1.82, 2.24) is 0 Å². The summed E-state index contributed by atoms with van der Waals surface area (Å²) in [7, 11) is 0. The van der Waals surface area contributed by atoms with E-state index in [2.05, 4.69) is 38.1 Å². The summed E-state index contributed by atoms with van der Waals surface area (Å²) in [6, 6.07) is 10.4. The Morgan fingerprint density at radius 2 is 2.00 bits per heavy atom. The largest absolute Gasteiger partial charge is 0.299 e. The molecule has 0 radical (unpaired) electrons. The van der Waals surface area contributed by atoms with Gasteiger partial charge in [-0.3, -0.25) is 4.79 Å². The minimum atomic E-state index is 0.315. The molecule has 1 aromatic rings. The van der Waals surface area contributed by atoms with E-state index < -0.39 is 0 Å². The van der Waals surface area contributed by atoms with Crippen molar-refractivity contribution in [3.8, 4) is 0 Å². The van der Waals surface area contributed by atoms with Gasteiger partial charge in [0.25, 0.3) is 0 Å². The molecule has 1 aromatic carbocycles. The van der Waals surface area contributed by atoms with Crippen molar-refractivity contribution in [3.63, 3.8) is 0 Å². The average Bonchev–Trinajstić information content (AvgIpc) is 2.97. The lowest BCUT2D eigenvalue weighted by molar-refractivity contribution is -0.121. The van der Waals surface area contributed by atoms with E-state index in [0.29, 0.717) is 23.5 Å². The third-order valence-electron chi connectivity index (χ3n) is 3.04.